The van der Waals surface area contributed by atoms with Crippen molar-refractivity contribution >= 4 is 27.6 Å². The minimum absolute atomic E-state index is 0.215. The molecule has 32 heavy (non-hydrogen) atoms. The summed E-state index contributed by atoms with van der Waals surface area (Å²) in [6.07, 6.45) is 2.05. The van der Waals surface area contributed by atoms with Gasteiger partial charge in [0.05, 0.1) is 12.1 Å². The number of furan rings is 1. The van der Waals surface area contributed by atoms with Gasteiger partial charge in [-0.3, -0.25) is 0 Å². The van der Waals surface area contributed by atoms with Crippen LogP contribution >= 0.6 is 0 Å². The van der Waals surface area contributed by atoms with E-state index in [0.29, 0.717) is 11.3 Å². The maximum absolute atomic E-state index is 7.96. The smallest absolute Gasteiger partial charge is 0.232 e. The lowest BCUT2D eigenvalue weighted by molar-refractivity contribution is -0.660. The molecule has 0 radical (unpaired) electrons. The predicted molar refractivity (Wildman–Crippen MR) is 131 cm³/mol. The third-order valence-corrected chi connectivity index (χ3v) is 6.25. The van der Waals surface area contributed by atoms with E-state index in [0.717, 1.165) is 49.9 Å². The Morgan fingerprint density at radius 1 is 0.938 bits per heavy atom. The van der Waals surface area contributed by atoms with Crippen molar-refractivity contribution < 1.29 is 8.98 Å². The average Bonchev–Trinajstić information content (AvgIpc) is 3.18. The first-order valence-corrected chi connectivity index (χ1v) is 10.9. The predicted octanol–water partition coefficient (Wildman–Crippen LogP) is 7.73. The largest absolute Gasteiger partial charge is 0.466 e. The molecule has 0 saturated heterocycles. The minimum atomic E-state index is 0.215. The Labute approximate surface area is 188 Å². The third-order valence-electron chi connectivity index (χ3n) is 6.25. The number of benzene rings is 3. The molecule has 2 aromatic heterocycles. The van der Waals surface area contributed by atoms with E-state index in [1.165, 1.54) is 0 Å². The summed E-state index contributed by atoms with van der Waals surface area (Å²) in [5, 5.41) is 2.06. The Morgan fingerprint density at radius 3 is 2.38 bits per heavy atom. The summed E-state index contributed by atoms with van der Waals surface area (Å²) in [4.78, 5) is 3.94. The SMILES string of the molecule is [C-]#[N+]c1c(C(C)C)cc(-c2ccccc2)c2c1oc1c(-c3cccc[n+]3C)c(C)ccc12. The molecule has 0 aliphatic carbocycles. The molecule has 5 rings (SSSR count). The van der Waals surface area contributed by atoms with Crippen molar-refractivity contribution in [3.63, 3.8) is 0 Å². The molecule has 3 nitrogen and oxygen atoms in total. The van der Waals surface area contributed by atoms with E-state index in [9.17, 15) is 0 Å². The van der Waals surface area contributed by atoms with Gasteiger partial charge in [-0.25, -0.2) is 9.41 Å². The second-order valence-corrected chi connectivity index (χ2v) is 8.63. The molecule has 2 heterocycles. The van der Waals surface area contributed by atoms with Gasteiger partial charge in [0.2, 0.25) is 11.4 Å². The van der Waals surface area contributed by atoms with Crippen LogP contribution < -0.4 is 4.57 Å². The van der Waals surface area contributed by atoms with Gasteiger partial charge in [-0.2, -0.15) is 0 Å². The quantitative estimate of drug-likeness (QED) is 0.217. The first-order chi connectivity index (χ1) is 15.5. The fraction of sp³-hybridized carbons (Fsp3) is 0.172. The molecule has 0 N–H and O–H groups in total. The van der Waals surface area contributed by atoms with Crippen LogP contribution in [0, 0.1) is 13.5 Å². The molecular weight excluding hydrogens is 392 g/mol. The van der Waals surface area contributed by atoms with Crippen LogP contribution in [0.4, 0.5) is 5.69 Å². The van der Waals surface area contributed by atoms with Crippen molar-refractivity contribution in [2.75, 3.05) is 0 Å². The van der Waals surface area contributed by atoms with Gasteiger partial charge in [0.15, 0.2) is 6.20 Å². The van der Waals surface area contributed by atoms with Crippen molar-refractivity contribution in [1.29, 1.82) is 0 Å². The van der Waals surface area contributed by atoms with Crippen LogP contribution in [-0.2, 0) is 7.05 Å². The first-order valence-electron chi connectivity index (χ1n) is 10.9. The Bertz CT molecular complexity index is 1520. The zero-order valence-corrected chi connectivity index (χ0v) is 18.8. The minimum Gasteiger partial charge on any atom is -0.466 e. The van der Waals surface area contributed by atoms with Crippen molar-refractivity contribution in [2.45, 2.75) is 26.7 Å². The van der Waals surface area contributed by atoms with Crippen LogP contribution in [0.5, 0.6) is 0 Å². The first kappa shape index (κ1) is 20.0. The molecule has 0 bridgehead atoms. The van der Waals surface area contributed by atoms with Crippen LogP contribution in [0.2, 0.25) is 0 Å². The third kappa shape index (κ3) is 2.99. The highest BCUT2D eigenvalue weighted by atomic mass is 16.3. The second-order valence-electron chi connectivity index (χ2n) is 8.63. The van der Waals surface area contributed by atoms with Crippen LogP contribution in [0.25, 0.3) is 49.2 Å². The topological polar surface area (TPSA) is 21.4 Å². The maximum atomic E-state index is 7.96. The zero-order valence-electron chi connectivity index (χ0n) is 18.8. The number of pyridine rings is 1. The molecule has 156 valence electrons. The van der Waals surface area contributed by atoms with Crippen LogP contribution in [-0.4, -0.2) is 0 Å². The number of nitrogens with zero attached hydrogens (tertiary/aromatic N) is 2. The van der Waals surface area contributed by atoms with Crippen molar-refractivity contribution in [3.05, 3.63) is 95.5 Å². The summed E-state index contributed by atoms with van der Waals surface area (Å²) in [5.41, 5.74) is 8.71. The molecule has 0 unspecified atom stereocenters. The summed E-state index contributed by atoms with van der Waals surface area (Å²) in [6, 6.07) is 23.1. The van der Waals surface area contributed by atoms with E-state index in [-0.39, 0.29) is 5.92 Å². The number of aromatic nitrogens is 1. The molecule has 0 spiro atoms. The lowest BCUT2D eigenvalue weighted by Gasteiger charge is -2.13. The van der Waals surface area contributed by atoms with Gasteiger partial charge >= 0.3 is 0 Å². The highest BCUT2D eigenvalue weighted by molar-refractivity contribution is 6.19. The molecule has 0 amide bonds. The second kappa shape index (κ2) is 7.66. The van der Waals surface area contributed by atoms with Crippen molar-refractivity contribution in [1.82, 2.24) is 0 Å². The summed E-state index contributed by atoms with van der Waals surface area (Å²) in [6.45, 7) is 14.3. The highest BCUT2D eigenvalue weighted by Gasteiger charge is 2.25. The van der Waals surface area contributed by atoms with E-state index in [2.05, 4.69) is 78.7 Å². The fourth-order valence-corrected chi connectivity index (χ4v) is 4.62. The van der Waals surface area contributed by atoms with Gasteiger partial charge in [-0.1, -0.05) is 62.4 Å². The number of hydrogen-bond donors (Lipinski definition) is 0. The molecule has 5 aromatic rings. The Kier molecular flexibility index (Phi) is 4.79. The summed E-state index contributed by atoms with van der Waals surface area (Å²) in [5.74, 6) is 0.215. The Hall–Kier alpha value is -3.90. The molecule has 0 fully saturated rings. The molecule has 0 aliphatic rings. The number of rotatable bonds is 3. The molecule has 0 saturated carbocycles. The molecule has 0 atom stereocenters. The number of fused-ring (bicyclic) bond motifs is 3. The van der Waals surface area contributed by atoms with Crippen LogP contribution in [0.3, 0.4) is 0 Å². The monoisotopic (exact) mass is 417 g/mol. The lowest BCUT2D eigenvalue weighted by Crippen LogP contribution is -2.30. The van der Waals surface area contributed by atoms with Crippen molar-refractivity contribution in [2.24, 2.45) is 7.05 Å². The Balaban J connectivity index is 2.00. The molecule has 0 aliphatic heterocycles. The normalized spacial score (nSPS) is 11.4. The van der Waals surface area contributed by atoms with E-state index in [1.54, 1.807) is 0 Å². The molecule has 3 heteroatoms. The van der Waals surface area contributed by atoms with Crippen LogP contribution in [0.15, 0.2) is 77.3 Å². The van der Waals surface area contributed by atoms with E-state index < -0.39 is 0 Å². The summed E-state index contributed by atoms with van der Waals surface area (Å²) in [7, 11) is 2.05. The van der Waals surface area contributed by atoms with Crippen LogP contribution in [0.1, 0.15) is 30.9 Å². The summed E-state index contributed by atoms with van der Waals surface area (Å²) >= 11 is 0. The molecule has 3 aromatic carbocycles. The number of aryl methyl sites for hydroxylation is 2. The fourth-order valence-electron chi connectivity index (χ4n) is 4.62. The van der Waals surface area contributed by atoms with Gasteiger partial charge in [0, 0.05) is 22.9 Å². The highest BCUT2D eigenvalue weighted by Crippen LogP contribution is 2.47. The van der Waals surface area contributed by atoms with Gasteiger partial charge in [-0.15, -0.1) is 0 Å². The van der Waals surface area contributed by atoms with E-state index in [4.69, 9.17) is 11.0 Å². The van der Waals surface area contributed by atoms with Gasteiger partial charge in [-0.05, 0) is 41.2 Å². The maximum Gasteiger partial charge on any atom is 0.232 e. The van der Waals surface area contributed by atoms with Crippen molar-refractivity contribution in [3.8, 4) is 22.4 Å². The average molecular weight is 418 g/mol. The van der Waals surface area contributed by atoms with Gasteiger partial charge in [0.1, 0.15) is 18.2 Å². The number of hydrogen-bond acceptors (Lipinski definition) is 1. The lowest BCUT2D eigenvalue weighted by atomic mass is 9.91. The van der Waals surface area contributed by atoms with Gasteiger partial charge in [0.25, 0.3) is 0 Å². The van der Waals surface area contributed by atoms with E-state index in [1.807, 2.05) is 31.4 Å². The molecular formula is C29H25N2O+. The van der Waals surface area contributed by atoms with Gasteiger partial charge < -0.3 is 4.42 Å². The standard InChI is InChI=1S/C29H25N2O/c1-18(2)22-17-23(20-11-7-6-8-12-20)26-21-15-14-19(3)25(24-13-9-10-16-31(24)5)28(21)32-29(26)27(22)30-4/h6-18H,1-3,5H3/q+1. The van der Waals surface area contributed by atoms with E-state index >= 15 is 0 Å². The zero-order chi connectivity index (χ0) is 22.4. The summed E-state index contributed by atoms with van der Waals surface area (Å²) < 4.78 is 8.74. The Morgan fingerprint density at radius 2 is 1.69 bits per heavy atom.